The van der Waals surface area contributed by atoms with Gasteiger partial charge >= 0.3 is 0 Å². The van der Waals surface area contributed by atoms with Crippen molar-refractivity contribution in [2.75, 3.05) is 0 Å². The van der Waals surface area contributed by atoms with E-state index in [1.807, 2.05) is 0 Å². The smallest absolute Gasteiger partial charge is 0.162 e. The molecular formula is C9H7ClN4. The summed E-state index contributed by atoms with van der Waals surface area (Å²) in [7, 11) is 0. The lowest BCUT2D eigenvalue weighted by Crippen LogP contribution is -2.00. The Balaban J connectivity index is 2.48. The molecule has 0 aliphatic heterocycles. The van der Waals surface area contributed by atoms with Gasteiger partial charge in [0.05, 0.1) is 18.1 Å². The molecule has 0 aliphatic carbocycles. The van der Waals surface area contributed by atoms with E-state index in [0.29, 0.717) is 18.1 Å². The Kier molecular flexibility index (Phi) is 2.33. The minimum Gasteiger partial charge on any atom is -0.246 e. The number of hydrogen-bond acceptors (Lipinski definition) is 3. The summed E-state index contributed by atoms with van der Waals surface area (Å²) >= 11 is 5.86. The maximum absolute atomic E-state index is 5.86. The number of terminal acetylenes is 1. The van der Waals surface area contributed by atoms with Crippen LogP contribution in [0, 0.1) is 12.3 Å². The van der Waals surface area contributed by atoms with Gasteiger partial charge < -0.3 is 0 Å². The highest BCUT2D eigenvalue weighted by Crippen LogP contribution is 2.17. The van der Waals surface area contributed by atoms with E-state index >= 15 is 0 Å². The van der Waals surface area contributed by atoms with Gasteiger partial charge in [0.2, 0.25) is 0 Å². The maximum atomic E-state index is 5.86. The van der Waals surface area contributed by atoms with Crippen molar-refractivity contribution in [3.8, 4) is 12.3 Å². The molecule has 0 atom stereocenters. The molecule has 2 rings (SSSR count). The fraction of sp³-hybridized carbons (Fsp3) is 0.222. The molecule has 4 nitrogen and oxygen atoms in total. The van der Waals surface area contributed by atoms with Gasteiger partial charge in [0.1, 0.15) is 11.5 Å². The molecule has 0 aliphatic rings. The standard InChI is InChI=1S/C9H7ClN4/c1-2-3-4-14-9-7(5-13-14)8(10)11-6-12-9/h1,5-6H,3-4H2. The third kappa shape index (κ3) is 1.42. The van der Waals surface area contributed by atoms with Crippen LogP contribution in [0.1, 0.15) is 6.42 Å². The average molecular weight is 207 g/mol. The van der Waals surface area contributed by atoms with Crippen molar-refractivity contribution < 1.29 is 0 Å². The van der Waals surface area contributed by atoms with Gasteiger partial charge in [-0.2, -0.15) is 5.10 Å². The molecule has 2 aromatic heterocycles. The van der Waals surface area contributed by atoms with E-state index in [9.17, 15) is 0 Å². The van der Waals surface area contributed by atoms with Crippen LogP contribution in [0.3, 0.4) is 0 Å². The van der Waals surface area contributed by atoms with Crippen LogP contribution in [0.5, 0.6) is 0 Å². The lowest BCUT2D eigenvalue weighted by Gasteiger charge is -1.98. The van der Waals surface area contributed by atoms with E-state index in [2.05, 4.69) is 21.0 Å². The molecule has 0 N–H and O–H groups in total. The summed E-state index contributed by atoms with van der Waals surface area (Å²) in [5, 5.41) is 5.30. The van der Waals surface area contributed by atoms with Gasteiger partial charge in [-0.1, -0.05) is 11.6 Å². The Labute approximate surface area is 85.9 Å². The molecule has 5 heteroatoms. The van der Waals surface area contributed by atoms with E-state index in [1.165, 1.54) is 6.33 Å². The first-order valence-electron chi connectivity index (χ1n) is 4.08. The van der Waals surface area contributed by atoms with Gasteiger partial charge in [0, 0.05) is 6.42 Å². The number of halogens is 1. The fourth-order valence-corrected chi connectivity index (χ4v) is 1.38. The molecule has 14 heavy (non-hydrogen) atoms. The van der Waals surface area contributed by atoms with Crippen LogP contribution in [-0.4, -0.2) is 19.7 Å². The van der Waals surface area contributed by atoms with Gasteiger partial charge in [0.15, 0.2) is 5.65 Å². The third-order valence-corrected chi connectivity index (χ3v) is 2.15. The molecule has 0 unspecified atom stereocenters. The number of aryl methyl sites for hydroxylation is 1. The third-order valence-electron chi connectivity index (χ3n) is 1.85. The summed E-state index contributed by atoms with van der Waals surface area (Å²) < 4.78 is 1.72. The molecule has 0 saturated heterocycles. The molecular weight excluding hydrogens is 200 g/mol. The largest absolute Gasteiger partial charge is 0.246 e. The summed E-state index contributed by atoms with van der Waals surface area (Å²) in [6, 6.07) is 0. The lowest BCUT2D eigenvalue weighted by atomic mass is 10.4. The zero-order valence-electron chi connectivity index (χ0n) is 7.31. The summed E-state index contributed by atoms with van der Waals surface area (Å²) in [5.41, 5.74) is 0.722. The quantitative estimate of drug-likeness (QED) is 0.553. The monoisotopic (exact) mass is 206 g/mol. The highest BCUT2D eigenvalue weighted by molar-refractivity contribution is 6.33. The number of fused-ring (bicyclic) bond motifs is 1. The number of nitrogens with zero attached hydrogens (tertiary/aromatic N) is 4. The second-order valence-corrected chi connectivity index (χ2v) is 3.08. The minimum atomic E-state index is 0.418. The van der Waals surface area contributed by atoms with Crippen molar-refractivity contribution in [3.05, 3.63) is 17.7 Å². The predicted molar refractivity (Wildman–Crippen MR) is 53.8 cm³/mol. The summed E-state index contributed by atoms with van der Waals surface area (Å²) in [5.74, 6) is 2.55. The first-order valence-corrected chi connectivity index (χ1v) is 4.46. The van der Waals surface area contributed by atoms with E-state index in [4.69, 9.17) is 18.0 Å². The molecule has 0 spiro atoms. The van der Waals surface area contributed by atoms with E-state index in [1.54, 1.807) is 10.9 Å². The molecule has 2 heterocycles. The van der Waals surface area contributed by atoms with Gasteiger partial charge in [-0.3, -0.25) is 0 Å². The Morgan fingerprint density at radius 2 is 2.36 bits per heavy atom. The maximum Gasteiger partial charge on any atom is 0.162 e. The lowest BCUT2D eigenvalue weighted by molar-refractivity contribution is 0.645. The van der Waals surface area contributed by atoms with Crippen LogP contribution in [-0.2, 0) is 6.54 Å². The van der Waals surface area contributed by atoms with Crippen LogP contribution < -0.4 is 0 Å². The molecule has 0 radical (unpaired) electrons. The number of aromatic nitrogens is 4. The molecule has 0 fully saturated rings. The number of hydrogen-bond donors (Lipinski definition) is 0. The molecule has 70 valence electrons. The van der Waals surface area contributed by atoms with Gasteiger partial charge in [0.25, 0.3) is 0 Å². The van der Waals surface area contributed by atoms with Crippen molar-refractivity contribution in [2.24, 2.45) is 0 Å². The van der Waals surface area contributed by atoms with Crippen LogP contribution >= 0.6 is 11.6 Å². The van der Waals surface area contributed by atoms with E-state index in [-0.39, 0.29) is 0 Å². The Hall–Kier alpha value is -1.60. The first kappa shape index (κ1) is 8.97. The highest BCUT2D eigenvalue weighted by atomic mass is 35.5. The molecule has 0 bridgehead atoms. The predicted octanol–water partition coefficient (Wildman–Crippen LogP) is 1.50. The summed E-state index contributed by atoms with van der Waals surface area (Å²) in [4.78, 5) is 7.95. The highest BCUT2D eigenvalue weighted by Gasteiger charge is 2.06. The number of rotatable bonds is 2. The topological polar surface area (TPSA) is 43.6 Å². The fourth-order valence-electron chi connectivity index (χ4n) is 1.20. The SMILES string of the molecule is C#CCCn1ncc2c(Cl)ncnc21. The second kappa shape index (κ2) is 3.64. The molecule has 0 aromatic carbocycles. The molecule has 2 aromatic rings. The van der Waals surface area contributed by atoms with E-state index in [0.717, 1.165) is 11.0 Å². The van der Waals surface area contributed by atoms with Gasteiger partial charge in [-0.15, -0.1) is 12.3 Å². The Morgan fingerprint density at radius 3 is 3.14 bits per heavy atom. The Bertz CT molecular complexity index is 497. The second-order valence-electron chi connectivity index (χ2n) is 2.72. The minimum absolute atomic E-state index is 0.418. The first-order chi connectivity index (χ1) is 6.83. The zero-order chi connectivity index (χ0) is 9.97. The van der Waals surface area contributed by atoms with Crippen molar-refractivity contribution >= 4 is 22.6 Å². The average Bonchev–Trinajstić information content (AvgIpc) is 2.60. The zero-order valence-corrected chi connectivity index (χ0v) is 8.07. The van der Waals surface area contributed by atoms with Crippen molar-refractivity contribution in [3.63, 3.8) is 0 Å². The molecule has 0 saturated carbocycles. The summed E-state index contributed by atoms with van der Waals surface area (Å²) in [6.45, 7) is 0.646. The van der Waals surface area contributed by atoms with Crippen molar-refractivity contribution in [1.82, 2.24) is 19.7 Å². The Morgan fingerprint density at radius 1 is 1.50 bits per heavy atom. The van der Waals surface area contributed by atoms with Crippen LogP contribution in [0.4, 0.5) is 0 Å². The van der Waals surface area contributed by atoms with E-state index < -0.39 is 0 Å². The van der Waals surface area contributed by atoms with Crippen LogP contribution in [0.2, 0.25) is 5.15 Å². The van der Waals surface area contributed by atoms with Crippen LogP contribution in [0.25, 0.3) is 11.0 Å². The van der Waals surface area contributed by atoms with Crippen molar-refractivity contribution in [1.29, 1.82) is 0 Å². The normalized spacial score (nSPS) is 10.3. The summed E-state index contributed by atoms with van der Waals surface area (Å²) in [6.07, 6.45) is 8.85. The molecule has 0 amide bonds. The van der Waals surface area contributed by atoms with Gasteiger partial charge in [-0.25, -0.2) is 14.6 Å². The van der Waals surface area contributed by atoms with Crippen molar-refractivity contribution in [2.45, 2.75) is 13.0 Å². The van der Waals surface area contributed by atoms with Gasteiger partial charge in [-0.05, 0) is 0 Å². The van der Waals surface area contributed by atoms with Crippen LogP contribution in [0.15, 0.2) is 12.5 Å².